The van der Waals surface area contributed by atoms with Crippen molar-refractivity contribution in [1.29, 1.82) is 0 Å². The fraction of sp³-hybridized carbons (Fsp3) is 0.882. The van der Waals surface area contributed by atoms with Gasteiger partial charge in [0, 0.05) is 6.54 Å². The smallest absolute Gasteiger partial charge is 0.248 e. The number of amides is 2. The highest BCUT2D eigenvalue weighted by molar-refractivity contribution is 5.99. The van der Waals surface area contributed by atoms with Gasteiger partial charge < -0.3 is 10.2 Å². The maximum Gasteiger partial charge on any atom is 0.248 e. The third-order valence-corrected chi connectivity index (χ3v) is 4.58. The monoisotopic (exact) mass is 296 g/mol. The normalized spacial score (nSPS) is 22.4. The summed E-state index contributed by atoms with van der Waals surface area (Å²) in [7, 11) is 0. The Morgan fingerprint density at radius 3 is 2.14 bits per heavy atom. The van der Waals surface area contributed by atoms with Crippen LogP contribution in [0.5, 0.6) is 0 Å². The Hall–Kier alpha value is -1.06. The lowest BCUT2D eigenvalue weighted by molar-refractivity contribution is -0.156. The van der Waals surface area contributed by atoms with Gasteiger partial charge in [0.1, 0.15) is 11.6 Å². The average molecular weight is 296 g/mol. The summed E-state index contributed by atoms with van der Waals surface area (Å²) in [6.07, 6.45) is 3.86. The molecule has 0 aromatic rings. The van der Waals surface area contributed by atoms with E-state index >= 15 is 0 Å². The lowest BCUT2D eigenvalue weighted by Gasteiger charge is -2.46. The van der Waals surface area contributed by atoms with E-state index < -0.39 is 5.54 Å². The number of rotatable bonds is 6. The van der Waals surface area contributed by atoms with Crippen LogP contribution in [-0.4, -0.2) is 34.8 Å². The molecule has 4 nitrogen and oxygen atoms in total. The van der Waals surface area contributed by atoms with Gasteiger partial charge in [0.05, 0.1) is 0 Å². The topological polar surface area (TPSA) is 49.4 Å². The van der Waals surface area contributed by atoms with Gasteiger partial charge in [-0.3, -0.25) is 9.59 Å². The highest BCUT2D eigenvalue weighted by atomic mass is 16.2. The molecule has 2 amide bonds. The predicted octanol–water partition coefficient (Wildman–Crippen LogP) is 3.11. The number of nitrogens with one attached hydrogen (secondary N) is 1. The third kappa shape index (κ3) is 3.98. The molecule has 0 spiro atoms. The molecule has 1 unspecified atom stereocenters. The molecule has 1 N–H and O–H groups in total. The largest absolute Gasteiger partial charge is 0.340 e. The van der Waals surface area contributed by atoms with Crippen LogP contribution in [0.4, 0.5) is 0 Å². The molecule has 0 aliphatic carbocycles. The zero-order chi connectivity index (χ0) is 16.3. The highest BCUT2D eigenvalue weighted by Crippen LogP contribution is 2.29. The molecule has 1 atom stereocenters. The summed E-state index contributed by atoms with van der Waals surface area (Å²) in [4.78, 5) is 27.3. The SMILES string of the molecule is CCCC1C(=O)NC(CC)(CC)C(=O)N1CCC(C)(C)C. The molecule has 4 heteroatoms. The van der Waals surface area contributed by atoms with E-state index in [1.54, 1.807) is 0 Å². The third-order valence-electron chi connectivity index (χ3n) is 4.58. The van der Waals surface area contributed by atoms with E-state index in [4.69, 9.17) is 0 Å². The summed E-state index contributed by atoms with van der Waals surface area (Å²) >= 11 is 0. The van der Waals surface area contributed by atoms with Crippen molar-refractivity contribution >= 4 is 11.8 Å². The first-order chi connectivity index (χ1) is 9.70. The molecule has 0 bridgehead atoms. The number of hydrogen-bond acceptors (Lipinski definition) is 2. The van der Waals surface area contributed by atoms with Crippen molar-refractivity contribution in [3.05, 3.63) is 0 Å². The van der Waals surface area contributed by atoms with Crippen LogP contribution in [0.2, 0.25) is 0 Å². The molecule has 0 aromatic heterocycles. The van der Waals surface area contributed by atoms with Crippen LogP contribution in [0.1, 0.15) is 73.6 Å². The molecule has 21 heavy (non-hydrogen) atoms. The predicted molar refractivity (Wildman–Crippen MR) is 85.9 cm³/mol. The molecule has 1 rings (SSSR count). The lowest BCUT2D eigenvalue weighted by Crippen LogP contribution is -2.70. The lowest BCUT2D eigenvalue weighted by atomic mass is 9.85. The Morgan fingerprint density at radius 2 is 1.71 bits per heavy atom. The maximum absolute atomic E-state index is 13.0. The summed E-state index contributed by atoms with van der Waals surface area (Å²) in [5, 5.41) is 3.01. The second-order valence-electron chi connectivity index (χ2n) is 7.39. The average Bonchev–Trinajstić information content (AvgIpc) is 2.41. The van der Waals surface area contributed by atoms with Crippen molar-refractivity contribution in [2.24, 2.45) is 5.41 Å². The molecule has 0 radical (unpaired) electrons. The van der Waals surface area contributed by atoms with Gasteiger partial charge >= 0.3 is 0 Å². The molecular weight excluding hydrogens is 264 g/mol. The molecule has 1 heterocycles. The molecule has 1 aliphatic heterocycles. The number of piperazine rings is 1. The van der Waals surface area contributed by atoms with Crippen LogP contribution in [-0.2, 0) is 9.59 Å². The molecule has 1 saturated heterocycles. The summed E-state index contributed by atoms with van der Waals surface area (Å²) in [5.74, 6) is 0.129. The van der Waals surface area contributed by atoms with Gasteiger partial charge in [-0.15, -0.1) is 0 Å². The molecule has 0 saturated carbocycles. The Bertz CT molecular complexity index is 381. The van der Waals surface area contributed by atoms with Crippen molar-refractivity contribution in [2.45, 2.75) is 85.2 Å². The second kappa shape index (κ2) is 6.80. The van der Waals surface area contributed by atoms with E-state index in [2.05, 4.69) is 33.0 Å². The maximum atomic E-state index is 13.0. The number of carbonyl (C=O) groups is 2. The van der Waals surface area contributed by atoms with Crippen LogP contribution >= 0.6 is 0 Å². The number of nitrogens with zero attached hydrogens (tertiary/aromatic N) is 1. The van der Waals surface area contributed by atoms with Crippen LogP contribution in [0.3, 0.4) is 0 Å². The fourth-order valence-corrected chi connectivity index (χ4v) is 2.93. The minimum absolute atomic E-state index is 0.0223. The first-order valence-electron chi connectivity index (χ1n) is 8.34. The van der Waals surface area contributed by atoms with E-state index in [0.29, 0.717) is 19.4 Å². The molecule has 1 aliphatic rings. The van der Waals surface area contributed by atoms with Gasteiger partial charge in [0.15, 0.2) is 0 Å². The zero-order valence-electron chi connectivity index (χ0n) is 14.6. The van der Waals surface area contributed by atoms with Gasteiger partial charge in [-0.2, -0.15) is 0 Å². The van der Waals surface area contributed by atoms with Crippen molar-refractivity contribution in [1.82, 2.24) is 10.2 Å². The van der Waals surface area contributed by atoms with Crippen LogP contribution in [0.25, 0.3) is 0 Å². The van der Waals surface area contributed by atoms with E-state index in [9.17, 15) is 9.59 Å². The summed E-state index contributed by atoms with van der Waals surface area (Å²) < 4.78 is 0. The van der Waals surface area contributed by atoms with Gasteiger partial charge in [-0.05, 0) is 31.1 Å². The van der Waals surface area contributed by atoms with E-state index in [1.165, 1.54) is 0 Å². The summed E-state index contributed by atoms with van der Waals surface area (Å²) in [6, 6.07) is -0.295. The minimum atomic E-state index is -0.695. The van der Waals surface area contributed by atoms with Crippen LogP contribution in [0.15, 0.2) is 0 Å². The Kier molecular flexibility index (Phi) is 5.83. The van der Waals surface area contributed by atoms with Crippen LogP contribution in [0, 0.1) is 5.41 Å². The van der Waals surface area contributed by atoms with Gasteiger partial charge in [0.25, 0.3) is 0 Å². The van der Waals surface area contributed by atoms with E-state index in [0.717, 1.165) is 19.3 Å². The van der Waals surface area contributed by atoms with Crippen molar-refractivity contribution in [3.8, 4) is 0 Å². The Morgan fingerprint density at radius 1 is 1.14 bits per heavy atom. The molecular formula is C17H32N2O2. The minimum Gasteiger partial charge on any atom is -0.340 e. The Labute approximate surface area is 129 Å². The second-order valence-corrected chi connectivity index (χ2v) is 7.39. The van der Waals surface area contributed by atoms with Crippen molar-refractivity contribution in [2.75, 3.05) is 6.54 Å². The zero-order valence-corrected chi connectivity index (χ0v) is 14.6. The number of hydrogen-bond donors (Lipinski definition) is 1. The highest BCUT2D eigenvalue weighted by Gasteiger charge is 2.48. The Balaban J connectivity index is 3.03. The van der Waals surface area contributed by atoms with Crippen molar-refractivity contribution in [3.63, 3.8) is 0 Å². The first-order valence-corrected chi connectivity index (χ1v) is 8.34. The van der Waals surface area contributed by atoms with Gasteiger partial charge in [-0.1, -0.05) is 48.0 Å². The van der Waals surface area contributed by atoms with Gasteiger partial charge in [0.2, 0.25) is 11.8 Å². The van der Waals surface area contributed by atoms with E-state index in [-0.39, 0.29) is 23.3 Å². The first kappa shape index (κ1) is 18.0. The fourth-order valence-electron chi connectivity index (χ4n) is 2.93. The quantitative estimate of drug-likeness (QED) is 0.818. The number of carbonyl (C=O) groups excluding carboxylic acids is 2. The summed E-state index contributed by atoms with van der Waals surface area (Å²) in [5.41, 5.74) is -0.536. The van der Waals surface area contributed by atoms with Gasteiger partial charge in [-0.25, -0.2) is 0 Å². The molecule has 122 valence electrons. The molecule has 0 aromatic carbocycles. The van der Waals surface area contributed by atoms with Crippen molar-refractivity contribution < 1.29 is 9.59 Å². The van der Waals surface area contributed by atoms with E-state index in [1.807, 2.05) is 18.7 Å². The molecule has 1 fully saturated rings. The summed E-state index contributed by atoms with van der Waals surface area (Å²) in [6.45, 7) is 13.2. The standard InChI is InChI=1S/C17H32N2O2/c1-7-10-13-14(20)18-17(8-2,9-3)15(21)19(13)12-11-16(4,5)6/h13H,7-12H2,1-6H3,(H,18,20). The van der Waals surface area contributed by atoms with Crippen LogP contribution < -0.4 is 5.32 Å².